The highest BCUT2D eigenvalue weighted by Crippen LogP contribution is 2.21. The summed E-state index contributed by atoms with van der Waals surface area (Å²) in [7, 11) is 1.60. The van der Waals surface area contributed by atoms with E-state index in [0.29, 0.717) is 13.0 Å². The van der Waals surface area contributed by atoms with E-state index in [0.717, 1.165) is 31.2 Å². The van der Waals surface area contributed by atoms with E-state index in [1.165, 1.54) is 4.68 Å². The van der Waals surface area contributed by atoms with Crippen molar-refractivity contribution in [3.63, 3.8) is 0 Å². The lowest BCUT2D eigenvalue weighted by atomic mass is 10.1. The molecule has 3 rings (SSSR count). The van der Waals surface area contributed by atoms with E-state index in [1.54, 1.807) is 12.1 Å². The predicted octanol–water partition coefficient (Wildman–Crippen LogP) is 2.26. The number of nitrogens with one attached hydrogen (secondary N) is 2. The average molecular weight is 499 g/mol. The molecule has 0 spiro atoms. The van der Waals surface area contributed by atoms with Crippen LogP contribution in [0.25, 0.3) is 0 Å². The van der Waals surface area contributed by atoms with Gasteiger partial charge in [-0.2, -0.15) is 0 Å². The van der Waals surface area contributed by atoms with Crippen molar-refractivity contribution >= 4 is 23.4 Å². The van der Waals surface area contributed by atoms with E-state index in [1.807, 2.05) is 6.92 Å². The summed E-state index contributed by atoms with van der Waals surface area (Å²) in [5.41, 5.74) is -2.39. The van der Waals surface area contributed by atoms with Crippen molar-refractivity contribution in [3.05, 3.63) is 62.0 Å². The molecule has 1 aliphatic heterocycles. The molecule has 1 aromatic carbocycles. The molecule has 184 valence electrons. The monoisotopic (exact) mass is 498 g/mol. The van der Waals surface area contributed by atoms with Crippen LogP contribution in [0.5, 0.6) is 5.75 Å². The van der Waals surface area contributed by atoms with Gasteiger partial charge in [-0.1, -0.05) is 24.9 Å². The summed E-state index contributed by atoms with van der Waals surface area (Å²) >= 11 is 5.66. The van der Waals surface area contributed by atoms with Crippen LogP contribution in [-0.2, 0) is 11.3 Å². The molecule has 3 N–H and O–H groups in total. The van der Waals surface area contributed by atoms with E-state index in [9.17, 15) is 28.3 Å². The smallest absolute Gasteiger partial charge is 0.275 e. The van der Waals surface area contributed by atoms with Gasteiger partial charge in [0.15, 0.2) is 11.4 Å². The normalized spacial score (nSPS) is 13.9. The molecule has 2 amide bonds. The van der Waals surface area contributed by atoms with E-state index in [-0.39, 0.29) is 23.5 Å². The van der Waals surface area contributed by atoms with Gasteiger partial charge in [0.2, 0.25) is 5.43 Å². The Hall–Kier alpha value is -3.18. The molecule has 2 heterocycles. The van der Waals surface area contributed by atoms with Crippen LogP contribution < -0.4 is 21.1 Å². The second-order valence-corrected chi connectivity index (χ2v) is 8.15. The van der Waals surface area contributed by atoms with Gasteiger partial charge in [0, 0.05) is 32.0 Å². The van der Waals surface area contributed by atoms with Gasteiger partial charge in [-0.25, -0.2) is 8.78 Å². The second-order valence-electron chi connectivity index (χ2n) is 7.75. The number of amides is 2. The zero-order chi connectivity index (χ0) is 25.0. The number of ether oxygens (including phenoxy) is 1. The SMILES string of the molecule is CCCC(CCN1CNC(=O)c2c(O)c(=O)c(C(=O)NCc3c(F)ccc(Cl)c3F)cn21)OC. The van der Waals surface area contributed by atoms with Crippen molar-refractivity contribution in [1.82, 2.24) is 15.3 Å². The number of hydrogen-bond acceptors (Lipinski definition) is 6. The minimum Gasteiger partial charge on any atom is -0.502 e. The number of fused-ring (bicyclic) bond motifs is 1. The van der Waals surface area contributed by atoms with E-state index >= 15 is 0 Å². The summed E-state index contributed by atoms with van der Waals surface area (Å²) in [6, 6.07) is 1.99. The van der Waals surface area contributed by atoms with Crippen LogP contribution in [0.3, 0.4) is 0 Å². The van der Waals surface area contributed by atoms with Crippen LogP contribution in [0.2, 0.25) is 5.02 Å². The standard InChI is InChI=1S/C22H25ClF2N4O5/c1-3-4-12(34-2)7-8-28-11-27-22(33)18-20(31)19(30)14(10-29(18)28)21(32)26-9-13-16(24)6-5-15(23)17(13)25/h5-6,10,12,31H,3-4,7-9,11H2,1-2H3,(H,26,32)(H,27,33). The highest BCUT2D eigenvalue weighted by atomic mass is 35.5. The number of hydrogen-bond donors (Lipinski definition) is 3. The Bertz CT molecular complexity index is 1160. The molecule has 1 aliphatic rings. The predicted molar refractivity (Wildman–Crippen MR) is 121 cm³/mol. The third kappa shape index (κ3) is 5.15. The van der Waals surface area contributed by atoms with Gasteiger partial charge >= 0.3 is 0 Å². The molecule has 0 saturated heterocycles. The lowest BCUT2D eigenvalue weighted by Crippen LogP contribution is -2.53. The molecule has 9 nitrogen and oxygen atoms in total. The summed E-state index contributed by atoms with van der Waals surface area (Å²) in [6.45, 7) is 1.89. The largest absolute Gasteiger partial charge is 0.502 e. The minimum absolute atomic E-state index is 0.0377. The number of rotatable bonds is 9. The lowest BCUT2D eigenvalue weighted by molar-refractivity contribution is 0.0846. The molecule has 1 aromatic heterocycles. The summed E-state index contributed by atoms with van der Waals surface area (Å²) in [6.07, 6.45) is 3.41. The minimum atomic E-state index is -1.09. The molecule has 1 unspecified atom stereocenters. The number of benzene rings is 1. The Morgan fingerprint density at radius 2 is 2.06 bits per heavy atom. The van der Waals surface area contributed by atoms with E-state index in [2.05, 4.69) is 10.6 Å². The number of carbonyl (C=O) groups excluding carboxylic acids is 2. The van der Waals surface area contributed by atoms with Crippen LogP contribution in [0.4, 0.5) is 8.78 Å². The fourth-order valence-corrected chi connectivity index (χ4v) is 3.86. The summed E-state index contributed by atoms with van der Waals surface area (Å²) in [5, 5.41) is 16.6. The van der Waals surface area contributed by atoms with Gasteiger partial charge in [-0.3, -0.25) is 24.1 Å². The number of halogens is 3. The molecular formula is C22H25ClF2N4O5. The molecule has 1 atom stereocenters. The first kappa shape index (κ1) is 25.4. The topological polar surface area (TPSA) is 113 Å². The Balaban J connectivity index is 1.89. The van der Waals surface area contributed by atoms with Gasteiger partial charge in [-0.05, 0) is 25.0 Å². The van der Waals surface area contributed by atoms with Gasteiger partial charge in [0.25, 0.3) is 11.8 Å². The highest BCUT2D eigenvalue weighted by Gasteiger charge is 2.30. The first-order valence-corrected chi connectivity index (χ1v) is 11.0. The summed E-state index contributed by atoms with van der Waals surface area (Å²) < 4.78 is 34.8. The Morgan fingerprint density at radius 1 is 1.32 bits per heavy atom. The van der Waals surface area contributed by atoms with Gasteiger partial charge < -0.3 is 20.5 Å². The molecule has 34 heavy (non-hydrogen) atoms. The number of pyridine rings is 1. The second kappa shape index (κ2) is 10.8. The highest BCUT2D eigenvalue weighted by molar-refractivity contribution is 6.30. The number of methoxy groups -OCH3 is 1. The Morgan fingerprint density at radius 3 is 2.74 bits per heavy atom. The summed E-state index contributed by atoms with van der Waals surface area (Å²) in [5.74, 6) is -4.53. The van der Waals surface area contributed by atoms with Crippen LogP contribution in [0.15, 0.2) is 23.1 Å². The number of aromatic hydroxyl groups is 1. The summed E-state index contributed by atoms with van der Waals surface area (Å²) in [4.78, 5) is 37.7. The molecule has 0 radical (unpaired) electrons. The molecule has 2 aromatic rings. The van der Waals surface area contributed by atoms with Gasteiger partial charge in [0.1, 0.15) is 23.9 Å². The van der Waals surface area contributed by atoms with Crippen LogP contribution in [0, 0.1) is 11.6 Å². The molecule has 0 saturated carbocycles. The van der Waals surface area contributed by atoms with Crippen molar-refractivity contribution in [2.24, 2.45) is 0 Å². The number of aromatic nitrogens is 1. The van der Waals surface area contributed by atoms with Crippen molar-refractivity contribution in [3.8, 4) is 5.75 Å². The molecule has 0 bridgehead atoms. The third-order valence-corrected chi connectivity index (χ3v) is 5.86. The zero-order valence-electron chi connectivity index (χ0n) is 18.7. The van der Waals surface area contributed by atoms with E-state index in [4.69, 9.17) is 16.3 Å². The molecule has 0 fully saturated rings. The fraction of sp³-hybridized carbons (Fsp3) is 0.409. The average Bonchev–Trinajstić information content (AvgIpc) is 2.82. The van der Waals surface area contributed by atoms with Crippen molar-refractivity contribution in [2.75, 3.05) is 25.3 Å². The van der Waals surface area contributed by atoms with Gasteiger partial charge in [-0.15, -0.1) is 0 Å². The maximum absolute atomic E-state index is 14.1. The van der Waals surface area contributed by atoms with Crippen molar-refractivity contribution < 1.29 is 28.2 Å². The maximum Gasteiger partial charge on any atom is 0.275 e. The van der Waals surface area contributed by atoms with Crippen LogP contribution in [-0.4, -0.2) is 48.0 Å². The lowest BCUT2D eigenvalue weighted by Gasteiger charge is -2.34. The van der Waals surface area contributed by atoms with E-state index < -0.39 is 52.3 Å². The quantitative estimate of drug-likeness (QED) is 0.457. The van der Waals surface area contributed by atoms with Crippen LogP contribution in [0.1, 0.15) is 52.6 Å². The first-order chi connectivity index (χ1) is 16.2. The first-order valence-electron chi connectivity index (χ1n) is 10.6. The maximum atomic E-state index is 14.1. The fourth-order valence-electron chi connectivity index (χ4n) is 3.69. The molecule has 12 heteroatoms. The Kier molecular flexibility index (Phi) is 8.11. The van der Waals surface area contributed by atoms with Gasteiger partial charge in [0.05, 0.1) is 11.1 Å². The molecule has 0 aliphatic carbocycles. The van der Waals surface area contributed by atoms with Crippen molar-refractivity contribution in [1.29, 1.82) is 0 Å². The molecular weight excluding hydrogens is 474 g/mol. The van der Waals surface area contributed by atoms with Crippen LogP contribution >= 0.6 is 11.6 Å². The van der Waals surface area contributed by atoms with Crippen molar-refractivity contribution in [2.45, 2.75) is 38.8 Å². The Labute approximate surface area is 199 Å². The number of nitrogens with zero attached hydrogens (tertiary/aromatic N) is 2. The zero-order valence-corrected chi connectivity index (χ0v) is 19.4. The third-order valence-electron chi connectivity index (χ3n) is 5.57. The number of carbonyl (C=O) groups is 2.